The maximum Gasteiger partial charge on any atom is 0.0426 e. The van der Waals surface area contributed by atoms with E-state index >= 15 is 0 Å². The maximum atomic E-state index is 5.78. The van der Waals surface area contributed by atoms with Gasteiger partial charge in [0.15, 0.2) is 0 Å². The molecule has 1 fully saturated rings. The van der Waals surface area contributed by atoms with Crippen LogP contribution in [0.2, 0.25) is 5.02 Å². The fourth-order valence-corrected chi connectivity index (χ4v) is 1.49. The van der Waals surface area contributed by atoms with Crippen molar-refractivity contribution in [2.75, 3.05) is 5.73 Å². The van der Waals surface area contributed by atoms with Crippen molar-refractivity contribution in [3.05, 3.63) is 28.8 Å². The van der Waals surface area contributed by atoms with Crippen LogP contribution in [0, 0.1) is 0 Å². The van der Waals surface area contributed by atoms with E-state index in [2.05, 4.69) is 0 Å². The molecule has 0 atom stereocenters. The molecule has 1 aromatic rings. The van der Waals surface area contributed by atoms with E-state index in [9.17, 15) is 0 Å². The third kappa shape index (κ3) is 1.33. The van der Waals surface area contributed by atoms with E-state index in [1.54, 1.807) is 0 Å². The molecular formula is C9H10ClN. The Hall–Kier alpha value is -0.690. The average molecular weight is 168 g/mol. The lowest BCUT2D eigenvalue weighted by Gasteiger charge is -2.02. The van der Waals surface area contributed by atoms with Crippen molar-refractivity contribution in [3.8, 4) is 0 Å². The van der Waals surface area contributed by atoms with Gasteiger partial charge in [0, 0.05) is 10.7 Å². The SMILES string of the molecule is Nc1cc(Cl)ccc1C1CC1. The first-order valence-corrected chi connectivity index (χ1v) is 4.20. The summed E-state index contributed by atoms with van der Waals surface area (Å²) in [6, 6.07) is 5.77. The first-order chi connectivity index (χ1) is 5.27. The van der Waals surface area contributed by atoms with E-state index in [0.29, 0.717) is 5.92 Å². The van der Waals surface area contributed by atoms with Gasteiger partial charge in [-0.25, -0.2) is 0 Å². The molecule has 0 saturated heterocycles. The number of hydrogen-bond acceptors (Lipinski definition) is 1. The van der Waals surface area contributed by atoms with E-state index in [4.69, 9.17) is 17.3 Å². The summed E-state index contributed by atoms with van der Waals surface area (Å²) < 4.78 is 0. The average Bonchev–Trinajstić information content (AvgIpc) is 2.70. The molecule has 2 N–H and O–H groups in total. The molecular weight excluding hydrogens is 158 g/mol. The number of anilines is 1. The summed E-state index contributed by atoms with van der Waals surface area (Å²) in [6.45, 7) is 0. The quantitative estimate of drug-likeness (QED) is 0.640. The van der Waals surface area contributed by atoms with E-state index in [0.717, 1.165) is 10.7 Å². The van der Waals surface area contributed by atoms with E-state index in [1.807, 2.05) is 18.2 Å². The Bertz CT molecular complexity index is 279. The van der Waals surface area contributed by atoms with Gasteiger partial charge in [0.25, 0.3) is 0 Å². The van der Waals surface area contributed by atoms with Crippen molar-refractivity contribution in [3.63, 3.8) is 0 Å². The molecule has 0 radical (unpaired) electrons. The summed E-state index contributed by atoms with van der Waals surface area (Å²) in [6.07, 6.45) is 2.57. The van der Waals surface area contributed by atoms with Gasteiger partial charge in [-0.1, -0.05) is 17.7 Å². The Morgan fingerprint density at radius 3 is 2.64 bits per heavy atom. The minimum Gasteiger partial charge on any atom is -0.398 e. The van der Waals surface area contributed by atoms with Crippen molar-refractivity contribution in [1.82, 2.24) is 0 Å². The maximum absolute atomic E-state index is 5.78. The van der Waals surface area contributed by atoms with Gasteiger partial charge in [0.05, 0.1) is 0 Å². The van der Waals surface area contributed by atoms with Gasteiger partial charge in [-0.15, -0.1) is 0 Å². The van der Waals surface area contributed by atoms with Crippen LogP contribution < -0.4 is 5.73 Å². The van der Waals surface area contributed by atoms with Crippen molar-refractivity contribution in [2.45, 2.75) is 18.8 Å². The standard InChI is InChI=1S/C9H10ClN/c10-7-3-4-8(6-1-2-6)9(11)5-7/h3-6H,1-2,11H2. The third-order valence-electron chi connectivity index (χ3n) is 2.07. The van der Waals surface area contributed by atoms with Crippen LogP contribution in [0.15, 0.2) is 18.2 Å². The van der Waals surface area contributed by atoms with Crippen LogP contribution >= 0.6 is 11.6 Å². The summed E-state index contributed by atoms with van der Waals surface area (Å²) >= 11 is 5.76. The van der Waals surface area contributed by atoms with Gasteiger partial charge in [-0.3, -0.25) is 0 Å². The predicted octanol–water partition coefficient (Wildman–Crippen LogP) is 2.80. The summed E-state index contributed by atoms with van der Waals surface area (Å²) in [7, 11) is 0. The van der Waals surface area contributed by atoms with Crippen molar-refractivity contribution in [1.29, 1.82) is 0 Å². The van der Waals surface area contributed by atoms with Gasteiger partial charge in [0.2, 0.25) is 0 Å². The molecule has 1 aliphatic carbocycles. The molecule has 11 heavy (non-hydrogen) atoms. The molecule has 1 aromatic carbocycles. The lowest BCUT2D eigenvalue weighted by Crippen LogP contribution is -1.91. The Kier molecular flexibility index (Phi) is 1.53. The summed E-state index contributed by atoms with van der Waals surface area (Å²) in [5.41, 5.74) is 7.90. The molecule has 1 nitrogen and oxygen atoms in total. The van der Waals surface area contributed by atoms with Crippen LogP contribution in [-0.2, 0) is 0 Å². The molecule has 0 aliphatic heterocycles. The molecule has 2 rings (SSSR count). The second-order valence-corrected chi connectivity index (χ2v) is 3.48. The molecule has 1 saturated carbocycles. The highest BCUT2D eigenvalue weighted by atomic mass is 35.5. The second kappa shape index (κ2) is 2.42. The minimum absolute atomic E-state index is 0.715. The van der Waals surface area contributed by atoms with Gasteiger partial charge in [-0.05, 0) is 36.5 Å². The van der Waals surface area contributed by atoms with Crippen molar-refractivity contribution in [2.24, 2.45) is 0 Å². The number of halogens is 1. The smallest absolute Gasteiger partial charge is 0.0426 e. The van der Waals surface area contributed by atoms with E-state index in [-0.39, 0.29) is 0 Å². The monoisotopic (exact) mass is 167 g/mol. The Morgan fingerprint density at radius 2 is 2.09 bits per heavy atom. The van der Waals surface area contributed by atoms with Crippen LogP contribution in [-0.4, -0.2) is 0 Å². The van der Waals surface area contributed by atoms with Crippen LogP contribution in [0.4, 0.5) is 5.69 Å². The Balaban J connectivity index is 2.39. The topological polar surface area (TPSA) is 26.0 Å². The highest BCUT2D eigenvalue weighted by Gasteiger charge is 2.25. The van der Waals surface area contributed by atoms with Crippen LogP contribution in [0.5, 0.6) is 0 Å². The zero-order valence-electron chi connectivity index (χ0n) is 6.18. The fraction of sp³-hybridized carbons (Fsp3) is 0.333. The van der Waals surface area contributed by atoms with Gasteiger partial charge in [0.1, 0.15) is 0 Å². The zero-order valence-corrected chi connectivity index (χ0v) is 6.93. The van der Waals surface area contributed by atoms with E-state index < -0.39 is 0 Å². The Morgan fingerprint density at radius 1 is 1.36 bits per heavy atom. The molecule has 0 bridgehead atoms. The third-order valence-corrected chi connectivity index (χ3v) is 2.30. The second-order valence-electron chi connectivity index (χ2n) is 3.05. The van der Waals surface area contributed by atoms with Gasteiger partial charge < -0.3 is 5.73 Å². The zero-order chi connectivity index (χ0) is 7.84. The molecule has 0 spiro atoms. The Labute approximate surface area is 71.2 Å². The van der Waals surface area contributed by atoms with Crippen molar-refractivity contribution < 1.29 is 0 Å². The lowest BCUT2D eigenvalue weighted by molar-refractivity contribution is 1.14. The molecule has 2 heteroatoms. The van der Waals surface area contributed by atoms with Crippen molar-refractivity contribution >= 4 is 17.3 Å². The highest BCUT2D eigenvalue weighted by Crippen LogP contribution is 2.42. The van der Waals surface area contributed by atoms with Crippen LogP contribution in [0.1, 0.15) is 24.3 Å². The number of nitrogens with two attached hydrogens (primary N) is 1. The largest absolute Gasteiger partial charge is 0.398 e. The molecule has 0 amide bonds. The number of benzene rings is 1. The highest BCUT2D eigenvalue weighted by molar-refractivity contribution is 6.30. The molecule has 1 aliphatic rings. The lowest BCUT2D eigenvalue weighted by atomic mass is 10.1. The molecule has 0 heterocycles. The van der Waals surface area contributed by atoms with E-state index in [1.165, 1.54) is 18.4 Å². The van der Waals surface area contributed by atoms with Crippen LogP contribution in [0.3, 0.4) is 0 Å². The number of rotatable bonds is 1. The number of hydrogen-bond donors (Lipinski definition) is 1. The molecule has 0 unspecified atom stereocenters. The van der Waals surface area contributed by atoms with Crippen LogP contribution in [0.25, 0.3) is 0 Å². The van der Waals surface area contributed by atoms with Gasteiger partial charge >= 0.3 is 0 Å². The summed E-state index contributed by atoms with van der Waals surface area (Å²) in [5.74, 6) is 0.715. The fourth-order valence-electron chi connectivity index (χ4n) is 1.31. The normalized spacial score (nSPS) is 16.8. The number of nitrogen functional groups attached to an aromatic ring is 1. The summed E-state index contributed by atoms with van der Waals surface area (Å²) in [4.78, 5) is 0. The summed E-state index contributed by atoms with van der Waals surface area (Å²) in [5, 5.41) is 0.729. The molecule has 0 aromatic heterocycles. The predicted molar refractivity (Wildman–Crippen MR) is 47.8 cm³/mol. The first kappa shape index (κ1) is 6.99. The van der Waals surface area contributed by atoms with Gasteiger partial charge in [-0.2, -0.15) is 0 Å². The molecule has 58 valence electrons. The minimum atomic E-state index is 0.715. The first-order valence-electron chi connectivity index (χ1n) is 3.82.